The highest BCUT2D eigenvalue weighted by Gasteiger charge is 2.37. The van der Waals surface area contributed by atoms with Crippen LogP contribution in [-0.4, -0.2) is 24.5 Å². The van der Waals surface area contributed by atoms with E-state index in [0.29, 0.717) is 10.1 Å². The lowest BCUT2D eigenvalue weighted by Crippen LogP contribution is -2.24. The van der Waals surface area contributed by atoms with Crippen molar-refractivity contribution < 1.29 is 30.7 Å². The molecule has 0 aliphatic heterocycles. The minimum atomic E-state index is -4.74. The van der Waals surface area contributed by atoms with Crippen LogP contribution in [0.3, 0.4) is 0 Å². The smallest absolute Gasteiger partial charge is 0.397 e. The van der Waals surface area contributed by atoms with Gasteiger partial charge >= 0.3 is 12.4 Å². The number of hydrogen-bond donors (Lipinski definition) is 2. The summed E-state index contributed by atoms with van der Waals surface area (Å²) < 4.78 is 90.7. The highest BCUT2D eigenvalue weighted by molar-refractivity contribution is 5.86. The van der Waals surface area contributed by atoms with E-state index < -0.39 is 40.7 Å². The Morgan fingerprint density at radius 1 is 0.884 bits per heavy atom. The Labute approximate surface area is 242 Å². The van der Waals surface area contributed by atoms with Crippen LogP contribution in [0.5, 0.6) is 0 Å². The number of rotatable bonds is 1. The molecule has 0 amide bonds. The number of pyridine rings is 1. The molecule has 0 bridgehead atoms. The van der Waals surface area contributed by atoms with Crippen LogP contribution in [0.2, 0.25) is 0 Å². The van der Waals surface area contributed by atoms with E-state index in [4.69, 9.17) is 5.73 Å². The molecule has 0 unspecified atom stereocenters. The van der Waals surface area contributed by atoms with Crippen molar-refractivity contribution in [3.63, 3.8) is 0 Å². The third-order valence-electron chi connectivity index (χ3n) is 6.28. The second kappa shape index (κ2) is 14.8. The van der Waals surface area contributed by atoms with Crippen LogP contribution in [0.4, 0.5) is 36.4 Å². The van der Waals surface area contributed by atoms with Gasteiger partial charge in [-0.3, -0.25) is 14.3 Å². The summed E-state index contributed by atoms with van der Waals surface area (Å²) >= 11 is 0. The minimum absolute atomic E-state index is 0.0862. The molecule has 3 aromatic heterocycles. The van der Waals surface area contributed by atoms with Crippen LogP contribution < -0.4 is 16.9 Å². The van der Waals surface area contributed by atoms with Crippen molar-refractivity contribution >= 4 is 16.5 Å². The lowest BCUT2D eigenvalue weighted by atomic mass is 10.0. The summed E-state index contributed by atoms with van der Waals surface area (Å²) in [5.41, 5.74) is -0.0913. The Kier molecular flexibility index (Phi) is 12.1. The number of benzene rings is 1. The molecular weight excluding hydrogens is 585 g/mol. The highest BCUT2D eigenvalue weighted by Crippen LogP contribution is 2.33. The molecule has 1 aliphatic rings. The maximum Gasteiger partial charge on any atom is 0.433 e. The summed E-state index contributed by atoms with van der Waals surface area (Å²) in [6, 6.07) is 4.72. The highest BCUT2D eigenvalue weighted by atomic mass is 19.4. The molecule has 0 spiro atoms. The third kappa shape index (κ3) is 9.16. The molecule has 15 heteroatoms. The summed E-state index contributed by atoms with van der Waals surface area (Å²) in [5.74, 6) is -0.798. The number of nitrogens with two attached hydrogens (primary N) is 1. The topological polar surface area (TPSA) is 112 Å². The zero-order valence-corrected chi connectivity index (χ0v) is 24.0. The summed E-state index contributed by atoms with van der Waals surface area (Å²) in [6.07, 6.45) is 1.93. The SMILES string of the molecule is C1CCCCC1.CC.Cn1nc(-c2cc3ccn(C)c(=O)c3cc2F)cc1C(F)(F)F.Nc1cn[nH]c(=O)c1C(F)(F)F. The molecule has 236 valence electrons. The zero-order valence-electron chi connectivity index (χ0n) is 24.0. The van der Waals surface area contributed by atoms with Crippen molar-refractivity contribution in [3.8, 4) is 11.3 Å². The molecule has 0 saturated heterocycles. The molecule has 4 aromatic rings. The number of aromatic amines is 1. The van der Waals surface area contributed by atoms with Gasteiger partial charge in [-0.2, -0.15) is 36.5 Å². The van der Waals surface area contributed by atoms with Gasteiger partial charge in [0.2, 0.25) is 0 Å². The van der Waals surface area contributed by atoms with Crippen molar-refractivity contribution in [2.45, 2.75) is 64.7 Å². The molecule has 1 saturated carbocycles. The quantitative estimate of drug-likeness (QED) is 0.227. The lowest BCUT2D eigenvalue weighted by molar-refractivity contribution is -0.143. The molecule has 1 aliphatic carbocycles. The number of nitrogens with one attached hydrogen (secondary N) is 1. The Morgan fingerprint density at radius 3 is 1.88 bits per heavy atom. The standard InChI is InChI=1S/C15H11F4N3O.C6H12.C5H4F3N3O.C2H6/c1-21-4-3-8-5-10(11(16)6-9(8)14(21)23)12-7-13(15(17,18)19)22(2)20-12;1-2-4-6-5-3-1;6-5(7,8)3-2(9)1-10-11-4(3)12;1-2/h3-7H,1-2H3;1-6H2;1H,(H3,9,11,12);1-2H3. The maximum atomic E-state index is 14.3. The number of fused-ring (bicyclic) bond motifs is 1. The van der Waals surface area contributed by atoms with Crippen LogP contribution in [-0.2, 0) is 26.4 Å². The van der Waals surface area contributed by atoms with Gasteiger partial charge in [0.1, 0.15) is 17.1 Å². The molecule has 1 fully saturated rings. The number of hydrogen-bond acceptors (Lipinski definition) is 5. The Bertz CT molecular complexity index is 1610. The second-order valence-electron chi connectivity index (χ2n) is 9.34. The molecule has 3 heterocycles. The van der Waals surface area contributed by atoms with E-state index in [1.54, 1.807) is 11.2 Å². The molecule has 0 radical (unpaired) electrons. The van der Waals surface area contributed by atoms with Crippen molar-refractivity contribution in [2.75, 3.05) is 5.73 Å². The Balaban J connectivity index is 0.000000267. The van der Waals surface area contributed by atoms with E-state index in [1.807, 2.05) is 13.8 Å². The Hall–Kier alpha value is -4.17. The van der Waals surface area contributed by atoms with Crippen molar-refractivity contribution in [2.24, 2.45) is 14.1 Å². The Morgan fingerprint density at radius 2 is 1.44 bits per heavy atom. The van der Waals surface area contributed by atoms with Gasteiger partial charge in [0.15, 0.2) is 0 Å². The average molecular weight is 619 g/mol. The predicted octanol–water partition coefficient (Wildman–Crippen LogP) is 6.83. The number of halogens is 7. The summed E-state index contributed by atoms with van der Waals surface area (Å²) in [4.78, 5) is 22.5. The first-order valence-corrected chi connectivity index (χ1v) is 13.4. The van der Waals surface area contributed by atoms with Crippen LogP contribution in [0.1, 0.15) is 63.6 Å². The normalized spacial score (nSPS) is 13.2. The first kappa shape index (κ1) is 35.0. The van der Waals surface area contributed by atoms with Gasteiger partial charge in [0, 0.05) is 25.9 Å². The summed E-state index contributed by atoms with van der Waals surface area (Å²) in [6.45, 7) is 4.00. The summed E-state index contributed by atoms with van der Waals surface area (Å²) in [5, 5.41) is 9.06. The van der Waals surface area contributed by atoms with Crippen LogP contribution in [0.25, 0.3) is 22.0 Å². The lowest BCUT2D eigenvalue weighted by Gasteiger charge is -2.06. The van der Waals surface area contributed by atoms with E-state index in [1.165, 1.54) is 62.4 Å². The van der Waals surface area contributed by atoms with Crippen LogP contribution in [0.15, 0.2) is 46.2 Å². The monoisotopic (exact) mass is 618 g/mol. The number of aromatic nitrogens is 5. The number of anilines is 1. The maximum absolute atomic E-state index is 14.3. The summed E-state index contributed by atoms with van der Waals surface area (Å²) in [7, 11) is 2.67. The fourth-order valence-corrected chi connectivity index (χ4v) is 4.19. The third-order valence-corrected chi connectivity index (χ3v) is 6.28. The largest absolute Gasteiger partial charge is 0.433 e. The van der Waals surface area contributed by atoms with Crippen molar-refractivity contribution in [1.29, 1.82) is 0 Å². The fraction of sp³-hybridized carbons (Fsp3) is 0.429. The van der Waals surface area contributed by atoms with Crippen LogP contribution in [0, 0.1) is 5.82 Å². The van der Waals surface area contributed by atoms with Gasteiger partial charge in [-0.1, -0.05) is 52.4 Å². The fourth-order valence-electron chi connectivity index (χ4n) is 4.19. The molecule has 8 nitrogen and oxygen atoms in total. The number of nitrogen functional groups attached to an aromatic ring is 1. The van der Waals surface area contributed by atoms with Crippen molar-refractivity contribution in [3.05, 3.63) is 74.4 Å². The average Bonchev–Trinajstić information content (AvgIpc) is 3.35. The van der Waals surface area contributed by atoms with E-state index in [2.05, 4.69) is 10.2 Å². The molecule has 5 rings (SSSR count). The van der Waals surface area contributed by atoms with Crippen LogP contribution >= 0.6 is 0 Å². The van der Waals surface area contributed by atoms with Gasteiger partial charge in [-0.15, -0.1) is 0 Å². The van der Waals surface area contributed by atoms with Gasteiger partial charge in [0.25, 0.3) is 11.1 Å². The van der Waals surface area contributed by atoms with Gasteiger partial charge in [-0.05, 0) is 29.7 Å². The van der Waals surface area contributed by atoms with Crippen molar-refractivity contribution in [1.82, 2.24) is 24.5 Å². The van der Waals surface area contributed by atoms with E-state index in [9.17, 15) is 40.3 Å². The molecule has 43 heavy (non-hydrogen) atoms. The number of nitrogens with zero attached hydrogens (tertiary/aromatic N) is 4. The second-order valence-corrected chi connectivity index (χ2v) is 9.34. The minimum Gasteiger partial charge on any atom is -0.397 e. The zero-order chi connectivity index (χ0) is 32.5. The number of H-pyrrole nitrogens is 1. The van der Waals surface area contributed by atoms with Gasteiger partial charge < -0.3 is 10.3 Å². The number of alkyl halides is 6. The van der Waals surface area contributed by atoms with E-state index >= 15 is 0 Å². The molecule has 3 N–H and O–H groups in total. The molecule has 1 aromatic carbocycles. The van der Waals surface area contributed by atoms with Gasteiger partial charge in [0.05, 0.1) is 23.0 Å². The first-order valence-electron chi connectivity index (χ1n) is 13.4. The first-order chi connectivity index (χ1) is 20.1. The predicted molar refractivity (Wildman–Crippen MR) is 150 cm³/mol. The molecular formula is C28H33F7N6O2. The van der Waals surface area contributed by atoms with E-state index in [-0.39, 0.29) is 22.2 Å². The molecule has 0 atom stereocenters. The van der Waals surface area contributed by atoms with Gasteiger partial charge in [-0.25, -0.2) is 9.49 Å². The number of aryl methyl sites for hydroxylation is 2. The van der Waals surface area contributed by atoms with E-state index in [0.717, 1.165) is 25.4 Å².